The summed E-state index contributed by atoms with van der Waals surface area (Å²) in [6.07, 6.45) is 0. The topological polar surface area (TPSA) is 101 Å². The molecule has 170 valence electrons. The monoisotopic (exact) mass is 440 g/mol. The van der Waals surface area contributed by atoms with Crippen LogP contribution in [-0.2, 0) is 12.0 Å². The summed E-state index contributed by atoms with van der Waals surface area (Å²) in [4.78, 5) is 10.6. The van der Waals surface area contributed by atoms with Gasteiger partial charge in [0.2, 0.25) is 5.75 Å². The van der Waals surface area contributed by atoms with Crippen LogP contribution in [0.4, 0.5) is 11.5 Å². The number of nitrogens with zero attached hydrogens (tertiary/aromatic N) is 3. The number of hydrogen-bond acceptors (Lipinski definition) is 7. The lowest BCUT2D eigenvalue weighted by molar-refractivity contribution is -0.384. The number of non-ortho nitro benzene ring substituents is 1. The van der Waals surface area contributed by atoms with Crippen LogP contribution < -0.4 is 19.5 Å². The largest absolute Gasteiger partial charge is 0.493 e. The minimum absolute atomic E-state index is 0.0314. The van der Waals surface area contributed by atoms with Crippen LogP contribution in [0.2, 0.25) is 0 Å². The van der Waals surface area contributed by atoms with E-state index in [4.69, 9.17) is 19.3 Å². The highest BCUT2D eigenvalue weighted by molar-refractivity contribution is 5.55. The van der Waals surface area contributed by atoms with E-state index in [2.05, 4.69) is 26.1 Å². The van der Waals surface area contributed by atoms with E-state index in [-0.39, 0.29) is 11.1 Å². The van der Waals surface area contributed by atoms with Crippen molar-refractivity contribution in [1.82, 2.24) is 9.78 Å². The summed E-state index contributed by atoms with van der Waals surface area (Å²) in [6, 6.07) is 12.1. The lowest BCUT2D eigenvalue weighted by atomic mass is 9.92. The second-order valence-corrected chi connectivity index (χ2v) is 8.24. The molecule has 0 unspecified atom stereocenters. The number of rotatable bonds is 8. The van der Waals surface area contributed by atoms with Gasteiger partial charge in [-0.05, 0) is 29.8 Å². The van der Waals surface area contributed by atoms with Gasteiger partial charge < -0.3 is 19.5 Å². The third-order valence-corrected chi connectivity index (χ3v) is 4.98. The molecule has 1 heterocycles. The van der Waals surface area contributed by atoms with Crippen LogP contribution >= 0.6 is 0 Å². The van der Waals surface area contributed by atoms with Gasteiger partial charge in [0.15, 0.2) is 11.5 Å². The van der Waals surface area contributed by atoms with Gasteiger partial charge >= 0.3 is 0 Å². The smallest absolute Gasteiger partial charge is 0.269 e. The molecule has 0 bridgehead atoms. The molecule has 1 N–H and O–H groups in total. The Hall–Kier alpha value is -3.75. The van der Waals surface area contributed by atoms with E-state index in [1.54, 1.807) is 38.1 Å². The molecule has 0 fully saturated rings. The Labute approximate surface area is 187 Å². The predicted octanol–water partition coefficient (Wildman–Crippen LogP) is 4.72. The molecule has 0 aliphatic heterocycles. The molecular formula is C23H28N4O5. The molecule has 3 rings (SSSR count). The third kappa shape index (κ3) is 4.77. The first kappa shape index (κ1) is 22.9. The van der Waals surface area contributed by atoms with Crippen LogP contribution in [0, 0.1) is 10.1 Å². The standard InChI is InChI=1S/C23H28N4O5/c1-23(2,3)20-13-21(26(25-20)16-7-9-17(10-8-16)27(28)29)24-14-15-11-18(30-4)22(32-6)19(12-15)31-5/h7-13,24H,14H2,1-6H3. The number of anilines is 1. The summed E-state index contributed by atoms with van der Waals surface area (Å²) in [5, 5.41) is 19.2. The lowest BCUT2D eigenvalue weighted by Crippen LogP contribution is -2.12. The van der Waals surface area contributed by atoms with Gasteiger partial charge in [0.25, 0.3) is 5.69 Å². The SMILES string of the molecule is COc1cc(CNc2cc(C(C)(C)C)nn2-c2ccc([N+](=O)[O-])cc2)cc(OC)c1OC. The summed E-state index contributed by atoms with van der Waals surface area (Å²) < 4.78 is 18.0. The molecule has 0 saturated carbocycles. The highest BCUT2D eigenvalue weighted by Gasteiger charge is 2.21. The van der Waals surface area contributed by atoms with E-state index in [1.165, 1.54) is 12.1 Å². The molecule has 0 saturated heterocycles. The van der Waals surface area contributed by atoms with Crippen molar-refractivity contribution in [3.05, 3.63) is 63.8 Å². The van der Waals surface area contributed by atoms with Gasteiger partial charge in [-0.2, -0.15) is 5.10 Å². The van der Waals surface area contributed by atoms with Crippen molar-refractivity contribution in [2.75, 3.05) is 26.6 Å². The van der Waals surface area contributed by atoms with E-state index in [1.807, 2.05) is 18.2 Å². The maximum Gasteiger partial charge on any atom is 0.269 e. The van der Waals surface area contributed by atoms with Gasteiger partial charge in [-0.25, -0.2) is 4.68 Å². The number of ether oxygens (including phenoxy) is 3. The Morgan fingerprint density at radius 3 is 2.06 bits per heavy atom. The zero-order chi connectivity index (χ0) is 23.5. The minimum atomic E-state index is -0.420. The number of nitrogens with one attached hydrogen (secondary N) is 1. The zero-order valence-electron chi connectivity index (χ0n) is 19.1. The average molecular weight is 441 g/mol. The second-order valence-electron chi connectivity index (χ2n) is 8.24. The van der Waals surface area contributed by atoms with E-state index in [0.717, 1.165) is 22.8 Å². The number of methoxy groups -OCH3 is 3. The fourth-order valence-corrected chi connectivity index (χ4v) is 3.22. The minimum Gasteiger partial charge on any atom is -0.493 e. The lowest BCUT2D eigenvalue weighted by Gasteiger charge is -2.15. The van der Waals surface area contributed by atoms with Crippen molar-refractivity contribution in [2.24, 2.45) is 0 Å². The highest BCUT2D eigenvalue weighted by atomic mass is 16.6. The quantitative estimate of drug-likeness (QED) is 0.400. The molecule has 0 aliphatic rings. The van der Waals surface area contributed by atoms with Crippen LogP contribution in [0.5, 0.6) is 17.2 Å². The van der Waals surface area contributed by atoms with Gasteiger partial charge in [-0.15, -0.1) is 0 Å². The van der Waals surface area contributed by atoms with Gasteiger partial charge in [0.05, 0.1) is 37.6 Å². The van der Waals surface area contributed by atoms with Crippen molar-refractivity contribution in [2.45, 2.75) is 32.7 Å². The molecule has 9 nitrogen and oxygen atoms in total. The number of nitro benzene ring substituents is 1. The van der Waals surface area contributed by atoms with Gasteiger partial charge in [-0.3, -0.25) is 10.1 Å². The summed E-state index contributed by atoms with van der Waals surface area (Å²) in [7, 11) is 4.72. The number of nitro groups is 1. The Bertz CT molecular complexity index is 1080. The van der Waals surface area contributed by atoms with Crippen LogP contribution in [0.1, 0.15) is 32.0 Å². The van der Waals surface area contributed by atoms with Crippen molar-refractivity contribution in [1.29, 1.82) is 0 Å². The molecule has 0 atom stereocenters. The van der Waals surface area contributed by atoms with Crippen LogP contribution in [0.15, 0.2) is 42.5 Å². The van der Waals surface area contributed by atoms with Crippen molar-refractivity contribution >= 4 is 11.5 Å². The maximum atomic E-state index is 11.0. The number of aromatic nitrogens is 2. The van der Waals surface area contributed by atoms with Crippen molar-refractivity contribution in [3.63, 3.8) is 0 Å². The summed E-state index contributed by atoms with van der Waals surface area (Å²) in [5.41, 5.74) is 2.40. The molecule has 0 amide bonds. The third-order valence-electron chi connectivity index (χ3n) is 4.98. The van der Waals surface area contributed by atoms with Gasteiger partial charge in [-0.1, -0.05) is 20.8 Å². The van der Waals surface area contributed by atoms with Crippen LogP contribution in [0.25, 0.3) is 5.69 Å². The van der Waals surface area contributed by atoms with Crippen LogP contribution in [0.3, 0.4) is 0 Å². The predicted molar refractivity (Wildman–Crippen MR) is 122 cm³/mol. The van der Waals surface area contributed by atoms with Crippen LogP contribution in [-0.4, -0.2) is 36.0 Å². The van der Waals surface area contributed by atoms with E-state index >= 15 is 0 Å². The number of hydrogen-bond donors (Lipinski definition) is 1. The van der Waals surface area contributed by atoms with Crippen molar-refractivity contribution in [3.8, 4) is 22.9 Å². The second kappa shape index (κ2) is 9.17. The molecule has 0 radical (unpaired) electrons. The van der Waals surface area contributed by atoms with E-state index in [0.29, 0.717) is 23.8 Å². The molecule has 0 aliphatic carbocycles. The first-order valence-electron chi connectivity index (χ1n) is 10.1. The van der Waals surface area contributed by atoms with E-state index < -0.39 is 4.92 Å². The average Bonchev–Trinajstić information content (AvgIpc) is 3.21. The van der Waals surface area contributed by atoms with Gasteiger partial charge in [0, 0.05) is 30.2 Å². The Morgan fingerprint density at radius 2 is 1.59 bits per heavy atom. The molecule has 2 aromatic carbocycles. The fourth-order valence-electron chi connectivity index (χ4n) is 3.22. The normalized spacial score (nSPS) is 11.2. The molecule has 9 heteroatoms. The molecular weight excluding hydrogens is 412 g/mol. The maximum absolute atomic E-state index is 11.0. The summed E-state index contributed by atoms with van der Waals surface area (Å²) in [6.45, 7) is 6.72. The summed E-state index contributed by atoms with van der Waals surface area (Å²) in [5.74, 6) is 2.44. The molecule has 3 aromatic rings. The van der Waals surface area contributed by atoms with Gasteiger partial charge in [0.1, 0.15) is 5.82 Å². The molecule has 0 spiro atoms. The Morgan fingerprint density at radius 1 is 1.00 bits per heavy atom. The Kier molecular flexibility index (Phi) is 6.57. The zero-order valence-corrected chi connectivity index (χ0v) is 19.1. The van der Waals surface area contributed by atoms with E-state index in [9.17, 15) is 10.1 Å². The first-order valence-corrected chi connectivity index (χ1v) is 10.1. The summed E-state index contributed by atoms with van der Waals surface area (Å²) >= 11 is 0. The highest BCUT2D eigenvalue weighted by Crippen LogP contribution is 2.38. The molecule has 32 heavy (non-hydrogen) atoms. The first-order chi connectivity index (χ1) is 15.2. The van der Waals surface area contributed by atoms with Crippen molar-refractivity contribution < 1.29 is 19.1 Å². The Balaban J connectivity index is 1.96. The fraction of sp³-hybridized carbons (Fsp3) is 0.348. The molecule has 1 aromatic heterocycles. The number of benzene rings is 2.